The van der Waals surface area contributed by atoms with Gasteiger partial charge in [0.25, 0.3) is 0 Å². The van der Waals surface area contributed by atoms with E-state index in [1.807, 2.05) is 6.92 Å². The van der Waals surface area contributed by atoms with Crippen molar-refractivity contribution >= 4 is 14.8 Å². The molecule has 0 aromatic rings. The fraction of sp³-hybridized carbons (Fsp3) is 0.900. The highest BCUT2D eigenvalue weighted by molar-refractivity contribution is 6.65. The monoisotopic (exact) mass is 250 g/mol. The van der Waals surface area contributed by atoms with Gasteiger partial charge >= 0.3 is 14.8 Å². The third-order valence-electron chi connectivity index (χ3n) is 2.48. The molecule has 0 aliphatic carbocycles. The first-order chi connectivity index (χ1) is 7.57. The van der Waals surface area contributed by atoms with Crippen LogP contribution >= 0.6 is 0 Å². The summed E-state index contributed by atoms with van der Waals surface area (Å²) in [6.45, 7) is 4.17. The molecule has 5 nitrogen and oxygen atoms in total. The summed E-state index contributed by atoms with van der Waals surface area (Å²) in [7, 11) is 1.52. The van der Waals surface area contributed by atoms with Gasteiger partial charge in [-0.05, 0) is 13.3 Å². The summed E-state index contributed by atoms with van der Waals surface area (Å²) in [5.74, 6) is -0.328. The van der Waals surface area contributed by atoms with E-state index in [2.05, 4.69) is 0 Å². The molecule has 0 amide bonds. The lowest BCUT2D eigenvalue weighted by molar-refractivity contribution is -0.144. The van der Waals surface area contributed by atoms with Gasteiger partial charge in [0.15, 0.2) is 0 Å². The van der Waals surface area contributed by atoms with E-state index in [1.54, 1.807) is 6.92 Å². The van der Waals surface area contributed by atoms with E-state index in [0.717, 1.165) is 12.8 Å². The molecule has 0 aromatic carbocycles. The minimum Gasteiger partial charge on any atom is -0.465 e. The second kappa shape index (κ2) is 7.78. The number of ether oxygens (including phenoxy) is 1. The van der Waals surface area contributed by atoms with Gasteiger partial charge < -0.3 is 18.0 Å². The molecule has 96 valence electrons. The van der Waals surface area contributed by atoms with E-state index < -0.39 is 14.3 Å². The fourth-order valence-corrected chi connectivity index (χ4v) is 3.30. The van der Waals surface area contributed by atoms with Crippen molar-refractivity contribution in [1.29, 1.82) is 0 Å². The summed E-state index contributed by atoms with van der Waals surface area (Å²) in [4.78, 5) is 11.7. The second-order valence-electron chi connectivity index (χ2n) is 3.46. The Balaban J connectivity index is 4.37. The van der Waals surface area contributed by atoms with Crippen molar-refractivity contribution in [2.45, 2.75) is 32.2 Å². The number of carbonyl (C=O) groups is 1. The van der Waals surface area contributed by atoms with Gasteiger partial charge in [-0.3, -0.25) is 4.79 Å². The smallest absolute Gasteiger partial charge is 0.465 e. The molecule has 1 unspecified atom stereocenters. The molecule has 0 saturated heterocycles. The summed E-state index contributed by atoms with van der Waals surface area (Å²) in [6, 6.07) is 0. The summed E-state index contributed by atoms with van der Waals surface area (Å²) in [6.07, 6.45) is 1.85. The first kappa shape index (κ1) is 15.6. The predicted octanol–water partition coefficient (Wildman–Crippen LogP) is 1.60. The van der Waals surface area contributed by atoms with Crippen LogP contribution in [0.5, 0.6) is 0 Å². The van der Waals surface area contributed by atoms with Crippen LogP contribution in [-0.2, 0) is 22.8 Å². The molecule has 0 radical (unpaired) electrons. The molecule has 16 heavy (non-hydrogen) atoms. The topological polar surface area (TPSA) is 54.0 Å². The lowest BCUT2D eigenvalue weighted by atomic mass is 10.4. The first-order valence-corrected chi connectivity index (χ1v) is 7.20. The van der Waals surface area contributed by atoms with Crippen molar-refractivity contribution in [3.8, 4) is 0 Å². The number of hydrogen-bond donors (Lipinski definition) is 0. The van der Waals surface area contributed by atoms with Crippen LogP contribution in [0.2, 0.25) is 5.54 Å². The van der Waals surface area contributed by atoms with Gasteiger partial charge in [0, 0.05) is 21.3 Å². The van der Waals surface area contributed by atoms with Gasteiger partial charge in [-0.1, -0.05) is 13.3 Å². The van der Waals surface area contributed by atoms with Crippen LogP contribution in [0, 0.1) is 0 Å². The molecule has 0 fully saturated rings. The first-order valence-electron chi connectivity index (χ1n) is 5.40. The predicted molar refractivity (Wildman–Crippen MR) is 62.1 cm³/mol. The normalized spacial score (nSPS) is 13.6. The Labute approximate surface area is 98.4 Å². The van der Waals surface area contributed by atoms with E-state index in [0.29, 0.717) is 6.61 Å². The highest BCUT2D eigenvalue weighted by Gasteiger charge is 2.49. The van der Waals surface area contributed by atoms with Gasteiger partial charge in [0.2, 0.25) is 0 Å². The van der Waals surface area contributed by atoms with Gasteiger partial charge in [0.05, 0.1) is 6.61 Å². The third kappa shape index (κ3) is 3.86. The van der Waals surface area contributed by atoms with E-state index in [-0.39, 0.29) is 5.97 Å². The van der Waals surface area contributed by atoms with Crippen molar-refractivity contribution in [2.24, 2.45) is 0 Å². The minimum atomic E-state index is -2.92. The molecule has 0 spiro atoms. The fourth-order valence-electron chi connectivity index (χ4n) is 1.37. The van der Waals surface area contributed by atoms with Gasteiger partial charge in [0.1, 0.15) is 5.54 Å². The van der Waals surface area contributed by atoms with Crippen molar-refractivity contribution in [3.63, 3.8) is 0 Å². The van der Waals surface area contributed by atoms with Crippen LogP contribution in [0.3, 0.4) is 0 Å². The lowest BCUT2D eigenvalue weighted by Crippen LogP contribution is -2.49. The highest BCUT2D eigenvalue weighted by atomic mass is 28.4. The molecule has 1 atom stereocenters. The Hall–Kier alpha value is -0.433. The zero-order valence-corrected chi connectivity index (χ0v) is 11.7. The van der Waals surface area contributed by atoms with Crippen molar-refractivity contribution < 1.29 is 22.8 Å². The van der Waals surface area contributed by atoms with Crippen molar-refractivity contribution in [1.82, 2.24) is 0 Å². The van der Waals surface area contributed by atoms with Crippen molar-refractivity contribution in [2.75, 3.05) is 27.9 Å². The van der Waals surface area contributed by atoms with Gasteiger partial charge in [-0.2, -0.15) is 0 Å². The Morgan fingerprint density at radius 3 is 2.06 bits per heavy atom. The Morgan fingerprint density at radius 2 is 1.69 bits per heavy atom. The van der Waals surface area contributed by atoms with E-state index in [1.165, 1.54) is 21.3 Å². The number of unbranched alkanes of at least 4 members (excludes halogenated alkanes) is 1. The lowest BCUT2D eigenvalue weighted by Gasteiger charge is -2.28. The number of esters is 1. The molecule has 0 heterocycles. The molecular weight excluding hydrogens is 228 g/mol. The maximum Gasteiger partial charge on any atom is 0.514 e. The third-order valence-corrected chi connectivity index (χ3v) is 5.48. The molecule has 0 rings (SSSR count). The van der Waals surface area contributed by atoms with E-state index >= 15 is 0 Å². The molecule has 0 saturated carbocycles. The SMILES string of the molecule is CCCCOC(=O)C(C)[Si](OC)(OC)OC. The Morgan fingerprint density at radius 1 is 1.19 bits per heavy atom. The summed E-state index contributed by atoms with van der Waals surface area (Å²) in [5.41, 5.74) is -0.510. The average molecular weight is 250 g/mol. The highest BCUT2D eigenvalue weighted by Crippen LogP contribution is 2.24. The minimum absolute atomic E-state index is 0.328. The van der Waals surface area contributed by atoms with Crippen LogP contribution < -0.4 is 0 Å². The molecule has 6 heteroatoms. The second-order valence-corrected chi connectivity index (χ2v) is 6.76. The summed E-state index contributed by atoms with van der Waals surface area (Å²) >= 11 is 0. The summed E-state index contributed by atoms with van der Waals surface area (Å²) < 4.78 is 20.8. The van der Waals surface area contributed by atoms with Crippen LogP contribution in [-0.4, -0.2) is 42.7 Å². The molecule has 0 N–H and O–H groups in total. The van der Waals surface area contributed by atoms with Crippen LogP contribution in [0.1, 0.15) is 26.7 Å². The van der Waals surface area contributed by atoms with E-state index in [4.69, 9.17) is 18.0 Å². The molecule has 0 aromatic heterocycles. The molecule has 0 bridgehead atoms. The standard InChI is InChI=1S/C10H22O5Si/c1-6-7-8-15-10(11)9(2)16(12-3,13-4)14-5/h9H,6-8H2,1-5H3. The van der Waals surface area contributed by atoms with E-state index in [9.17, 15) is 4.79 Å². The number of rotatable bonds is 8. The zero-order valence-electron chi connectivity index (χ0n) is 10.7. The molecule has 0 aliphatic heterocycles. The Bertz CT molecular complexity index is 197. The summed E-state index contributed by atoms with van der Waals surface area (Å²) in [5, 5.41) is 0. The van der Waals surface area contributed by atoms with Crippen LogP contribution in [0.4, 0.5) is 0 Å². The number of hydrogen-bond acceptors (Lipinski definition) is 5. The van der Waals surface area contributed by atoms with Crippen molar-refractivity contribution in [3.05, 3.63) is 0 Å². The van der Waals surface area contributed by atoms with Gasteiger partial charge in [-0.15, -0.1) is 0 Å². The largest absolute Gasteiger partial charge is 0.514 e. The molecule has 0 aliphatic rings. The zero-order chi connectivity index (χ0) is 12.6. The van der Waals surface area contributed by atoms with Gasteiger partial charge in [-0.25, -0.2) is 0 Å². The number of carbonyl (C=O) groups excluding carboxylic acids is 1. The maximum absolute atomic E-state index is 11.7. The quantitative estimate of drug-likeness (QED) is 0.372. The van der Waals surface area contributed by atoms with Crippen LogP contribution in [0.15, 0.2) is 0 Å². The Kier molecular flexibility index (Phi) is 7.57. The molecular formula is C10H22O5Si. The maximum atomic E-state index is 11.7. The van der Waals surface area contributed by atoms with Crippen LogP contribution in [0.25, 0.3) is 0 Å². The average Bonchev–Trinajstić information content (AvgIpc) is 2.32.